The van der Waals surface area contributed by atoms with Crippen LogP contribution in [-0.4, -0.2) is 19.2 Å². The van der Waals surface area contributed by atoms with Crippen molar-refractivity contribution in [2.75, 3.05) is 13.3 Å². The fraction of sp³-hybridized carbons (Fsp3) is 0.350. The lowest BCUT2D eigenvalue weighted by atomic mass is 9.93. The number of carbonyl (C=O) groups is 1. The van der Waals surface area contributed by atoms with Gasteiger partial charge in [-0.1, -0.05) is 18.2 Å². The number of nitrogens with one attached hydrogen (secondary N) is 1. The van der Waals surface area contributed by atoms with Crippen LogP contribution in [0.5, 0.6) is 11.5 Å². The van der Waals surface area contributed by atoms with Crippen LogP contribution < -0.4 is 14.8 Å². The van der Waals surface area contributed by atoms with Crippen molar-refractivity contribution in [3.05, 3.63) is 59.4 Å². The molecule has 0 radical (unpaired) electrons. The number of hydrogen-bond donors (Lipinski definition) is 1. The quantitative estimate of drug-likeness (QED) is 0.876. The molecule has 2 aromatic carbocycles. The maximum absolute atomic E-state index is 13.1. The molecular weight excluding hydrogens is 321 g/mol. The molecule has 5 heteroatoms. The molecule has 2 aromatic rings. The monoisotopic (exact) mass is 341 g/mol. The molecule has 130 valence electrons. The van der Waals surface area contributed by atoms with Gasteiger partial charge in [-0.2, -0.15) is 0 Å². The van der Waals surface area contributed by atoms with Crippen LogP contribution in [0.4, 0.5) is 4.39 Å². The van der Waals surface area contributed by atoms with E-state index in [0.717, 1.165) is 41.9 Å². The van der Waals surface area contributed by atoms with Crippen molar-refractivity contribution >= 4 is 5.91 Å². The Morgan fingerprint density at radius 1 is 1.12 bits per heavy atom. The molecule has 1 N–H and O–H groups in total. The summed E-state index contributed by atoms with van der Waals surface area (Å²) in [6.45, 7) is 0.819. The number of carbonyl (C=O) groups excluding carboxylic acids is 1. The van der Waals surface area contributed by atoms with Crippen molar-refractivity contribution in [2.45, 2.75) is 25.2 Å². The minimum absolute atomic E-state index is 0.0230. The summed E-state index contributed by atoms with van der Waals surface area (Å²) in [5, 5.41) is 3.03. The number of halogens is 1. The van der Waals surface area contributed by atoms with Gasteiger partial charge >= 0.3 is 0 Å². The summed E-state index contributed by atoms with van der Waals surface area (Å²) in [7, 11) is 0. The Labute approximate surface area is 146 Å². The molecule has 1 fully saturated rings. The van der Waals surface area contributed by atoms with Gasteiger partial charge in [0.05, 0.1) is 5.92 Å². The molecule has 0 aromatic heterocycles. The van der Waals surface area contributed by atoms with Gasteiger partial charge in [-0.05, 0) is 60.6 Å². The number of benzene rings is 2. The highest BCUT2D eigenvalue weighted by Gasteiger charge is 2.37. The smallest absolute Gasteiger partial charge is 0.231 e. The highest BCUT2D eigenvalue weighted by molar-refractivity contribution is 5.84. The molecule has 0 spiro atoms. The zero-order valence-electron chi connectivity index (χ0n) is 13.8. The molecule has 1 atom stereocenters. The molecule has 1 unspecified atom stereocenters. The number of ether oxygens (including phenoxy) is 2. The molecule has 4 rings (SSSR count). The first-order chi connectivity index (χ1) is 12.2. The van der Waals surface area contributed by atoms with Crippen molar-refractivity contribution in [3.8, 4) is 11.5 Å². The lowest BCUT2D eigenvalue weighted by molar-refractivity contribution is -0.123. The van der Waals surface area contributed by atoms with Crippen LogP contribution in [-0.2, 0) is 11.2 Å². The highest BCUT2D eigenvalue weighted by Crippen LogP contribution is 2.42. The second-order valence-corrected chi connectivity index (χ2v) is 6.60. The third-order valence-corrected chi connectivity index (χ3v) is 4.75. The number of fused-ring (bicyclic) bond motifs is 1. The second kappa shape index (κ2) is 6.75. The first-order valence-electron chi connectivity index (χ1n) is 8.62. The van der Waals surface area contributed by atoms with Crippen LogP contribution in [0.3, 0.4) is 0 Å². The molecule has 1 amide bonds. The third kappa shape index (κ3) is 3.60. The molecule has 0 saturated heterocycles. The first-order valence-corrected chi connectivity index (χ1v) is 8.62. The molecule has 2 aliphatic rings. The van der Waals surface area contributed by atoms with Crippen LogP contribution in [0.1, 0.15) is 29.9 Å². The average molecular weight is 341 g/mol. The number of hydrogen-bond acceptors (Lipinski definition) is 3. The molecular formula is C20H20FNO3. The predicted octanol–water partition coefficient (Wildman–Crippen LogP) is 3.41. The first kappa shape index (κ1) is 15.9. The average Bonchev–Trinajstić information content (AvgIpc) is 3.33. The van der Waals surface area contributed by atoms with Crippen LogP contribution in [0.15, 0.2) is 42.5 Å². The third-order valence-electron chi connectivity index (χ3n) is 4.75. The van der Waals surface area contributed by atoms with Crippen LogP contribution in [0.25, 0.3) is 0 Å². The maximum atomic E-state index is 13.1. The van der Waals surface area contributed by atoms with Gasteiger partial charge < -0.3 is 14.8 Å². The van der Waals surface area contributed by atoms with E-state index in [2.05, 4.69) is 5.32 Å². The van der Waals surface area contributed by atoms with E-state index >= 15 is 0 Å². The minimum Gasteiger partial charge on any atom is -0.454 e. The summed E-state index contributed by atoms with van der Waals surface area (Å²) in [4.78, 5) is 12.6. The number of rotatable bonds is 6. The van der Waals surface area contributed by atoms with Gasteiger partial charge in [0, 0.05) is 6.54 Å². The number of amides is 1. The highest BCUT2D eigenvalue weighted by atomic mass is 19.1. The fourth-order valence-corrected chi connectivity index (χ4v) is 3.27. The molecule has 1 saturated carbocycles. The van der Waals surface area contributed by atoms with E-state index in [4.69, 9.17) is 9.47 Å². The van der Waals surface area contributed by atoms with Gasteiger partial charge in [0.1, 0.15) is 5.82 Å². The Balaban J connectivity index is 1.36. The molecule has 4 nitrogen and oxygen atoms in total. The summed E-state index contributed by atoms with van der Waals surface area (Å²) >= 11 is 0. The van der Waals surface area contributed by atoms with Crippen molar-refractivity contribution in [3.63, 3.8) is 0 Å². The predicted molar refractivity (Wildman–Crippen MR) is 91.1 cm³/mol. The van der Waals surface area contributed by atoms with E-state index in [0.29, 0.717) is 12.5 Å². The van der Waals surface area contributed by atoms with Gasteiger partial charge in [0.25, 0.3) is 0 Å². The molecule has 25 heavy (non-hydrogen) atoms. The summed E-state index contributed by atoms with van der Waals surface area (Å²) in [5.74, 6) is 1.45. The van der Waals surface area contributed by atoms with E-state index < -0.39 is 0 Å². The molecule has 1 heterocycles. The van der Waals surface area contributed by atoms with Gasteiger partial charge in [0.15, 0.2) is 11.5 Å². The Bertz CT molecular complexity index is 771. The Morgan fingerprint density at radius 3 is 2.64 bits per heavy atom. The molecule has 0 bridgehead atoms. The Hall–Kier alpha value is -2.56. The minimum atomic E-state index is -0.276. The second-order valence-electron chi connectivity index (χ2n) is 6.60. The topological polar surface area (TPSA) is 47.6 Å². The fourth-order valence-electron chi connectivity index (χ4n) is 3.27. The SMILES string of the molecule is O=C(NCCc1ccc2c(c1)OCO2)C(c1ccc(F)cc1)C1CC1. The summed E-state index contributed by atoms with van der Waals surface area (Å²) < 4.78 is 23.8. The van der Waals surface area contributed by atoms with Gasteiger partial charge in [-0.3, -0.25) is 4.79 Å². The summed E-state index contributed by atoms with van der Waals surface area (Å²) in [6, 6.07) is 12.1. The Kier molecular flexibility index (Phi) is 4.30. The summed E-state index contributed by atoms with van der Waals surface area (Å²) in [6.07, 6.45) is 2.83. The standard InChI is InChI=1S/C20H20FNO3/c21-16-6-4-15(5-7-16)19(14-2-3-14)20(23)22-10-9-13-1-8-17-18(11-13)25-12-24-17/h1,4-8,11,14,19H,2-3,9-10,12H2,(H,22,23). The van der Waals surface area contributed by atoms with E-state index in [1.807, 2.05) is 18.2 Å². The lowest BCUT2D eigenvalue weighted by Gasteiger charge is -2.17. The van der Waals surface area contributed by atoms with Crippen molar-refractivity contribution in [1.29, 1.82) is 0 Å². The molecule has 1 aliphatic carbocycles. The Morgan fingerprint density at radius 2 is 1.88 bits per heavy atom. The maximum Gasteiger partial charge on any atom is 0.231 e. The lowest BCUT2D eigenvalue weighted by Crippen LogP contribution is -2.32. The van der Waals surface area contributed by atoms with Gasteiger partial charge in [-0.15, -0.1) is 0 Å². The zero-order chi connectivity index (χ0) is 17.2. The van der Waals surface area contributed by atoms with E-state index in [1.54, 1.807) is 12.1 Å². The van der Waals surface area contributed by atoms with Crippen molar-refractivity contribution in [1.82, 2.24) is 5.32 Å². The molecule has 1 aliphatic heterocycles. The van der Waals surface area contributed by atoms with Crippen molar-refractivity contribution < 1.29 is 18.7 Å². The normalized spacial score (nSPS) is 16.5. The van der Waals surface area contributed by atoms with Gasteiger partial charge in [0.2, 0.25) is 12.7 Å². The van der Waals surface area contributed by atoms with Gasteiger partial charge in [-0.25, -0.2) is 4.39 Å². The van der Waals surface area contributed by atoms with Crippen molar-refractivity contribution in [2.24, 2.45) is 5.92 Å². The van der Waals surface area contributed by atoms with E-state index in [-0.39, 0.29) is 24.4 Å². The largest absolute Gasteiger partial charge is 0.454 e. The zero-order valence-corrected chi connectivity index (χ0v) is 13.8. The van der Waals surface area contributed by atoms with E-state index in [1.165, 1.54) is 12.1 Å². The van der Waals surface area contributed by atoms with Crippen LogP contribution >= 0.6 is 0 Å². The van der Waals surface area contributed by atoms with Crippen LogP contribution in [0.2, 0.25) is 0 Å². The van der Waals surface area contributed by atoms with E-state index in [9.17, 15) is 9.18 Å². The van der Waals surface area contributed by atoms with Crippen LogP contribution in [0, 0.1) is 11.7 Å². The summed E-state index contributed by atoms with van der Waals surface area (Å²) in [5.41, 5.74) is 1.98.